The summed E-state index contributed by atoms with van der Waals surface area (Å²) >= 11 is 0. The van der Waals surface area contributed by atoms with Crippen LogP contribution < -0.4 is 5.32 Å². The highest BCUT2D eigenvalue weighted by atomic mass is 14.9. The van der Waals surface area contributed by atoms with Crippen LogP contribution in [-0.4, -0.2) is 6.54 Å². The molecule has 0 bridgehead atoms. The Morgan fingerprint density at radius 3 is 2.70 bits per heavy atom. The number of rotatable bonds is 6. The van der Waals surface area contributed by atoms with Crippen molar-refractivity contribution in [1.29, 1.82) is 0 Å². The average molecular weight is 139 g/mol. The fourth-order valence-electron chi connectivity index (χ4n) is 0.715. The first kappa shape index (κ1) is 9.28. The molecule has 1 N–H and O–H groups in total. The molecule has 0 unspecified atom stereocenters. The van der Waals surface area contributed by atoms with Crippen molar-refractivity contribution in [3.63, 3.8) is 0 Å². The largest absolute Gasteiger partial charge is 0.389 e. The minimum absolute atomic E-state index is 1.04. The second kappa shape index (κ2) is 6.40. The molecule has 0 fully saturated rings. The Morgan fingerprint density at radius 1 is 1.50 bits per heavy atom. The summed E-state index contributed by atoms with van der Waals surface area (Å²) in [6, 6.07) is 0. The smallest absolute Gasteiger partial charge is 0.0143 e. The van der Waals surface area contributed by atoms with Crippen molar-refractivity contribution in [2.45, 2.75) is 26.2 Å². The molecule has 0 spiro atoms. The third-order valence-corrected chi connectivity index (χ3v) is 1.26. The van der Waals surface area contributed by atoms with E-state index in [1.165, 1.54) is 12.8 Å². The molecule has 0 aromatic heterocycles. The van der Waals surface area contributed by atoms with Crippen LogP contribution in [0.25, 0.3) is 0 Å². The lowest BCUT2D eigenvalue weighted by atomic mass is 10.2. The van der Waals surface area contributed by atoms with Gasteiger partial charge in [-0.05, 0) is 26.2 Å². The van der Waals surface area contributed by atoms with Crippen molar-refractivity contribution in [1.82, 2.24) is 5.32 Å². The van der Waals surface area contributed by atoms with Crippen molar-refractivity contribution < 1.29 is 0 Å². The van der Waals surface area contributed by atoms with Crippen LogP contribution in [0.3, 0.4) is 0 Å². The summed E-state index contributed by atoms with van der Waals surface area (Å²) in [5, 5.41) is 3.18. The van der Waals surface area contributed by atoms with Gasteiger partial charge in [-0.1, -0.05) is 12.7 Å². The third-order valence-electron chi connectivity index (χ3n) is 1.26. The lowest BCUT2D eigenvalue weighted by Crippen LogP contribution is -2.11. The first-order valence-corrected chi connectivity index (χ1v) is 3.77. The van der Waals surface area contributed by atoms with Crippen LogP contribution in [0.2, 0.25) is 0 Å². The zero-order valence-corrected chi connectivity index (χ0v) is 6.82. The predicted octanol–water partition coefficient (Wildman–Crippen LogP) is 2.47. The molecule has 0 amide bonds. The van der Waals surface area contributed by atoms with E-state index in [0.717, 1.165) is 18.7 Å². The molecular weight excluding hydrogens is 122 g/mol. The van der Waals surface area contributed by atoms with Gasteiger partial charge in [0.05, 0.1) is 0 Å². The molecule has 0 aliphatic rings. The fraction of sp³-hybridized carbons (Fsp3) is 0.556. The summed E-state index contributed by atoms with van der Waals surface area (Å²) in [5.41, 5.74) is 1.05. The molecule has 0 aromatic carbocycles. The molecule has 58 valence electrons. The van der Waals surface area contributed by atoms with Gasteiger partial charge in [-0.3, -0.25) is 0 Å². The van der Waals surface area contributed by atoms with E-state index in [-0.39, 0.29) is 0 Å². The number of unbranched alkanes of at least 4 members (excludes halogenated alkanes) is 2. The van der Waals surface area contributed by atoms with Gasteiger partial charge in [-0.25, -0.2) is 0 Å². The number of nitrogens with one attached hydrogen (secondary N) is 1. The maximum atomic E-state index is 3.74. The average Bonchev–Trinajstić information content (AvgIpc) is 1.87. The lowest BCUT2D eigenvalue weighted by molar-refractivity contribution is 0.686. The Labute approximate surface area is 63.8 Å². The van der Waals surface area contributed by atoms with E-state index in [4.69, 9.17) is 0 Å². The van der Waals surface area contributed by atoms with Gasteiger partial charge in [-0.15, -0.1) is 6.58 Å². The summed E-state index contributed by atoms with van der Waals surface area (Å²) in [7, 11) is 0. The van der Waals surface area contributed by atoms with Crippen LogP contribution in [0.4, 0.5) is 0 Å². The van der Waals surface area contributed by atoms with E-state index >= 15 is 0 Å². The Hall–Kier alpha value is -0.720. The molecule has 0 saturated heterocycles. The van der Waals surface area contributed by atoms with Gasteiger partial charge in [0.1, 0.15) is 0 Å². The van der Waals surface area contributed by atoms with Gasteiger partial charge in [-0.2, -0.15) is 0 Å². The standard InChI is InChI=1S/C9H17N/c1-4-5-6-7-8-10-9(2)3/h4,10H,1-2,5-8H2,3H3. The van der Waals surface area contributed by atoms with Crippen LogP contribution in [0.5, 0.6) is 0 Å². The summed E-state index contributed by atoms with van der Waals surface area (Å²) in [6.45, 7) is 10.4. The molecule has 0 heterocycles. The van der Waals surface area contributed by atoms with Crippen LogP contribution >= 0.6 is 0 Å². The van der Waals surface area contributed by atoms with E-state index in [1.807, 2.05) is 13.0 Å². The topological polar surface area (TPSA) is 12.0 Å². The summed E-state index contributed by atoms with van der Waals surface area (Å²) in [4.78, 5) is 0. The monoisotopic (exact) mass is 139 g/mol. The van der Waals surface area contributed by atoms with Gasteiger partial charge < -0.3 is 5.32 Å². The Balaban J connectivity index is 2.90. The van der Waals surface area contributed by atoms with Crippen LogP contribution in [0.15, 0.2) is 24.9 Å². The molecule has 0 aliphatic heterocycles. The quantitative estimate of drug-likeness (QED) is 0.440. The van der Waals surface area contributed by atoms with Crippen LogP contribution in [0.1, 0.15) is 26.2 Å². The molecular formula is C9H17N. The molecule has 1 heteroatoms. The molecule has 0 atom stereocenters. The first-order chi connectivity index (χ1) is 4.77. The van der Waals surface area contributed by atoms with Gasteiger partial charge in [0.2, 0.25) is 0 Å². The molecule has 1 nitrogen and oxygen atoms in total. The number of allylic oxidation sites excluding steroid dienone is 2. The molecule has 0 radical (unpaired) electrons. The zero-order valence-electron chi connectivity index (χ0n) is 6.82. The van der Waals surface area contributed by atoms with Crippen molar-refractivity contribution in [3.05, 3.63) is 24.9 Å². The lowest BCUT2D eigenvalue weighted by Gasteiger charge is -2.02. The van der Waals surface area contributed by atoms with Gasteiger partial charge in [0.15, 0.2) is 0 Å². The van der Waals surface area contributed by atoms with Crippen LogP contribution in [0, 0.1) is 0 Å². The Kier molecular flexibility index (Phi) is 5.94. The predicted molar refractivity (Wildman–Crippen MR) is 46.9 cm³/mol. The minimum atomic E-state index is 1.04. The Morgan fingerprint density at radius 2 is 2.20 bits per heavy atom. The van der Waals surface area contributed by atoms with Crippen LogP contribution in [-0.2, 0) is 0 Å². The molecule has 0 rings (SSSR count). The maximum absolute atomic E-state index is 3.74. The van der Waals surface area contributed by atoms with E-state index < -0.39 is 0 Å². The highest BCUT2D eigenvalue weighted by Gasteiger charge is 1.84. The van der Waals surface area contributed by atoms with Crippen molar-refractivity contribution >= 4 is 0 Å². The Bertz CT molecular complexity index is 105. The highest BCUT2D eigenvalue weighted by molar-refractivity contribution is 4.83. The second-order valence-corrected chi connectivity index (χ2v) is 2.49. The summed E-state index contributed by atoms with van der Waals surface area (Å²) in [6.07, 6.45) is 5.52. The summed E-state index contributed by atoms with van der Waals surface area (Å²) in [5.74, 6) is 0. The third kappa shape index (κ3) is 7.28. The fourth-order valence-corrected chi connectivity index (χ4v) is 0.715. The van der Waals surface area contributed by atoms with E-state index in [9.17, 15) is 0 Å². The molecule has 10 heavy (non-hydrogen) atoms. The second-order valence-electron chi connectivity index (χ2n) is 2.49. The van der Waals surface area contributed by atoms with Gasteiger partial charge in [0, 0.05) is 12.2 Å². The van der Waals surface area contributed by atoms with E-state index in [1.54, 1.807) is 0 Å². The van der Waals surface area contributed by atoms with Gasteiger partial charge in [0.25, 0.3) is 0 Å². The SMILES string of the molecule is C=CCCCCNC(=C)C. The number of hydrogen-bond donors (Lipinski definition) is 1. The van der Waals surface area contributed by atoms with Crippen molar-refractivity contribution in [3.8, 4) is 0 Å². The van der Waals surface area contributed by atoms with Crippen molar-refractivity contribution in [2.75, 3.05) is 6.54 Å². The first-order valence-electron chi connectivity index (χ1n) is 3.77. The highest BCUT2D eigenvalue weighted by Crippen LogP contribution is 1.94. The van der Waals surface area contributed by atoms with Gasteiger partial charge >= 0.3 is 0 Å². The molecule has 0 aromatic rings. The maximum Gasteiger partial charge on any atom is 0.0143 e. The zero-order chi connectivity index (χ0) is 7.82. The summed E-state index contributed by atoms with van der Waals surface area (Å²) < 4.78 is 0. The molecule has 0 saturated carbocycles. The number of hydrogen-bond acceptors (Lipinski definition) is 1. The normalized spacial score (nSPS) is 8.90. The van der Waals surface area contributed by atoms with E-state index in [0.29, 0.717) is 0 Å². The molecule has 0 aliphatic carbocycles. The minimum Gasteiger partial charge on any atom is -0.389 e. The van der Waals surface area contributed by atoms with Crippen molar-refractivity contribution in [2.24, 2.45) is 0 Å². The van der Waals surface area contributed by atoms with E-state index in [2.05, 4.69) is 18.5 Å².